The number of likely N-dealkylation sites (N-methyl/N-ethyl adjacent to an activating group) is 1. The van der Waals surface area contributed by atoms with Gasteiger partial charge in [-0.1, -0.05) is 39.0 Å². The summed E-state index contributed by atoms with van der Waals surface area (Å²) in [5.74, 6) is 0.705. The van der Waals surface area contributed by atoms with E-state index in [4.69, 9.17) is 0 Å². The first kappa shape index (κ1) is 19.0. The molecular formula is C21H25N7O. The molecule has 8 nitrogen and oxygen atoms in total. The predicted octanol–water partition coefficient (Wildman–Crippen LogP) is 2.32. The summed E-state index contributed by atoms with van der Waals surface area (Å²) in [6.07, 6.45) is 1.51. The summed E-state index contributed by atoms with van der Waals surface area (Å²) in [6.45, 7) is 7.79. The van der Waals surface area contributed by atoms with Crippen LogP contribution in [0.2, 0.25) is 0 Å². The smallest absolute Gasteiger partial charge is 0.276 e. The predicted molar refractivity (Wildman–Crippen MR) is 110 cm³/mol. The zero-order valence-electron chi connectivity index (χ0n) is 17.1. The fourth-order valence-corrected chi connectivity index (χ4v) is 3.17. The fraction of sp³-hybridized carbons (Fsp3) is 0.381. The Kier molecular flexibility index (Phi) is 4.77. The normalized spacial score (nSPS) is 14.6. The van der Waals surface area contributed by atoms with Crippen LogP contribution in [0.5, 0.6) is 0 Å². The van der Waals surface area contributed by atoms with Crippen LogP contribution in [0.4, 0.5) is 5.82 Å². The highest BCUT2D eigenvalue weighted by Gasteiger charge is 2.34. The van der Waals surface area contributed by atoms with Gasteiger partial charge in [0.2, 0.25) is 0 Å². The summed E-state index contributed by atoms with van der Waals surface area (Å²) >= 11 is 0. The van der Waals surface area contributed by atoms with E-state index in [1.807, 2.05) is 42.5 Å². The maximum atomic E-state index is 12.8. The van der Waals surface area contributed by atoms with Crippen molar-refractivity contribution < 1.29 is 4.79 Å². The summed E-state index contributed by atoms with van der Waals surface area (Å²) in [4.78, 5) is 18.1. The highest BCUT2D eigenvalue weighted by atomic mass is 16.2. The molecule has 3 aromatic rings. The lowest BCUT2D eigenvalue weighted by Gasteiger charge is -2.44. The first-order valence-corrected chi connectivity index (χ1v) is 9.67. The molecule has 4 rings (SSSR count). The first-order chi connectivity index (χ1) is 13.8. The topological polar surface area (TPSA) is 80.0 Å². The Hall–Kier alpha value is -3.29. The molecule has 1 aliphatic rings. The van der Waals surface area contributed by atoms with Crippen molar-refractivity contribution in [1.29, 1.82) is 0 Å². The van der Waals surface area contributed by atoms with Crippen molar-refractivity contribution in [2.75, 3.05) is 25.0 Å². The average molecular weight is 391 g/mol. The van der Waals surface area contributed by atoms with Gasteiger partial charge in [0.25, 0.3) is 5.91 Å². The van der Waals surface area contributed by atoms with Crippen LogP contribution in [0.1, 0.15) is 37.0 Å². The molecule has 0 bridgehead atoms. The summed E-state index contributed by atoms with van der Waals surface area (Å²) in [6, 6.07) is 13.7. The molecule has 0 spiro atoms. The Balaban J connectivity index is 1.37. The molecule has 0 atom stereocenters. The average Bonchev–Trinajstić information content (AvgIpc) is 3.17. The molecule has 1 aliphatic heterocycles. The summed E-state index contributed by atoms with van der Waals surface area (Å²) in [7, 11) is 1.81. The molecule has 1 aromatic carbocycles. The molecule has 0 saturated carbocycles. The summed E-state index contributed by atoms with van der Waals surface area (Å²) < 4.78 is 0. The van der Waals surface area contributed by atoms with E-state index in [0.29, 0.717) is 5.69 Å². The van der Waals surface area contributed by atoms with Gasteiger partial charge in [-0.15, -0.1) is 10.2 Å². The van der Waals surface area contributed by atoms with Gasteiger partial charge in [0.1, 0.15) is 0 Å². The molecule has 3 heterocycles. The quantitative estimate of drug-likeness (QED) is 0.679. The van der Waals surface area contributed by atoms with E-state index < -0.39 is 0 Å². The van der Waals surface area contributed by atoms with Crippen molar-refractivity contribution >= 4 is 11.7 Å². The molecule has 8 heteroatoms. The Morgan fingerprint density at radius 1 is 1.07 bits per heavy atom. The number of rotatable bonds is 4. The standard InChI is InChI=1S/C21H25N7O/c1-21(2,3)18-10-11-19(24-23-18)27-13-16(14-27)26(4)20(29)17-12-22-28(25-17)15-8-6-5-7-9-15/h5-12,16H,13-14H2,1-4H3. The van der Waals surface area contributed by atoms with Crippen molar-refractivity contribution in [3.05, 3.63) is 60.0 Å². The van der Waals surface area contributed by atoms with Gasteiger partial charge in [0.05, 0.1) is 23.6 Å². The number of carbonyl (C=O) groups is 1. The van der Waals surface area contributed by atoms with Gasteiger partial charge >= 0.3 is 0 Å². The number of amides is 1. The third-order valence-electron chi connectivity index (χ3n) is 5.17. The Morgan fingerprint density at radius 2 is 1.79 bits per heavy atom. The molecular weight excluding hydrogens is 366 g/mol. The van der Waals surface area contributed by atoms with E-state index in [1.165, 1.54) is 11.0 Å². The molecule has 1 amide bonds. The number of para-hydroxylation sites is 1. The van der Waals surface area contributed by atoms with E-state index in [1.54, 1.807) is 11.9 Å². The SMILES string of the molecule is CN(C(=O)c1cnn(-c2ccccc2)n1)C1CN(c2ccc(C(C)(C)C)nn2)C1. The Bertz CT molecular complexity index is 986. The van der Waals surface area contributed by atoms with E-state index >= 15 is 0 Å². The minimum absolute atomic E-state index is 0.0210. The van der Waals surface area contributed by atoms with Gasteiger partial charge in [0, 0.05) is 25.6 Å². The van der Waals surface area contributed by atoms with Crippen molar-refractivity contribution in [2.24, 2.45) is 0 Å². The lowest BCUT2D eigenvalue weighted by atomic mass is 9.92. The van der Waals surface area contributed by atoms with Crippen LogP contribution < -0.4 is 4.90 Å². The van der Waals surface area contributed by atoms with Gasteiger partial charge < -0.3 is 9.80 Å². The van der Waals surface area contributed by atoms with E-state index in [0.717, 1.165) is 30.3 Å². The number of carbonyl (C=O) groups excluding carboxylic acids is 1. The van der Waals surface area contributed by atoms with E-state index in [9.17, 15) is 4.79 Å². The lowest BCUT2D eigenvalue weighted by molar-refractivity contribution is 0.0698. The molecule has 0 radical (unpaired) electrons. The number of aromatic nitrogens is 5. The minimum Gasteiger partial charge on any atom is -0.351 e. The molecule has 0 unspecified atom stereocenters. The molecule has 150 valence electrons. The molecule has 29 heavy (non-hydrogen) atoms. The molecule has 1 fully saturated rings. The zero-order chi connectivity index (χ0) is 20.6. The molecule has 1 saturated heterocycles. The van der Waals surface area contributed by atoms with Gasteiger partial charge in [-0.2, -0.15) is 15.0 Å². The van der Waals surface area contributed by atoms with Crippen molar-refractivity contribution in [3.63, 3.8) is 0 Å². The number of hydrogen-bond acceptors (Lipinski definition) is 6. The first-order valence-electron chi connectivity index (χ1n) is 9.67. The molecule has 0 N–H and O–H groups in total. The Labute approximate surface area is 170 Å². The van der Waals surface area contributed by atoms with Crippen LogP contribution in [0, 0.1) is 0 Å². The minimum atomic E-state index is -0.133. The van der Waals surface area contributed by atoms with Crippen LogP contribution >= 0.6 is 0 Å². The fourth-order valence-electron chi connectivity index (χ4n) is 3.17. The van der Waals surface area contributed by atoms with Crippen LogP contribution in [0.15, 0.2) is 48.7 Å². The van der Waals surface area contributed by atoms with Crippen molar-refractivity contribution in [3.8, 4) is 5.69 Å². The Morgan fingerprint density at radius 3 is 2.41 bits per heavy atom. The largest absolute Gasteiger partial charge is 0.351 e. The monoisotopic (exact) mass is 391 g/mol. The van der Waals surface area contributed by atoms with Gasteiger partial charge in [-0.3, -0.25) is 4.79 Å². The van der Waals surface area contributed by atoms with Crippen molar-refractivity contribution in [2.45, 2.75) is 32.2 Å². The maximum absolute atomic E-state index is 12.8. The van der Waals surface area contributed by atoms with Crippen LogP contribution in [0.25, 0.3) is 5.69 Å². The summed E-state index contributed by atoms with van der Waals surface area (Å²) in [5.41, 5.74) is 2.10. The third kappa shape index (κ3) is 3.83. The van der Waals surface area contributed by atoms with Crippen LogP contribution in [-0.2, 0) is 5.41 Å². The van der Waals surface area contributed by atoms with Gasteiger partial charge in [0.15, 0.2) is 11.5 Å². The highest BCUT2D eigenvalue weighted by Crippen LogP contribution is 2.24. The maximum Gasteiger partial charge on any atom is 0.276 e. The molecule has 0 aliphatic carbocycles. The second kappa shape index (κ2) is 7.27. The van der Waals surface area contributed by atoms with Crippen molar-refractivity contribution in [1.82, 2.24) is 30.1 Å². The zero-order valence-corrected chi connectivity index (χ0v) is 17.1. The second-order valence-corrected chi connectivity index (χ2v) is 8.36. The number of anilines is 1. The number of benzene rings is 1. The third-order valence-corrected chi connectivity index (χ3v) is 5.17. The van der Waals surface area contributed by atoms with E-state index in [-0.39, 0.29) is 17.4 Å². The highest BCUT2D eigenvalue weighted by molar-refractivity contribution is 5.92. The lowest BCUT2D eigenvalue weighted by Crippen LogP contribution is -2.60. The van der Waals surface area contributed by atoms with Gasteiger partial charge in [-0.25, -0.2) is 0 Å². The van der Waals surface area contributed by atoms with Crippen LogP contribution in [-0.4, -0.2) is 62.2 Å². The van der Waals surface area contributed by atoms with Gasteiger partial charge in [-0.05, 0) is 24.3 Å². The number of hydrogen-bond donors (Lipinski definition) is 0. The van der Waals surface area contributed by atoms with E-state index in [2.05, 4.69) is 46.1 Å². The van der Waals surface area contributed by atoms with Crippen LogP contribution in [0.3, 0.4) is 0 Å². The second-order valence-electron chi connectivity index (χ2n) is 8.36. The molecule has 2 aromatic heterocycles. The number of nitrogens with zero attached hydrogens (tertiary/aromatic N) is 7. The summed E-state index contributed by atoms with van der Waals surface area (Å²) in [5, 5.41) is 17.2.